The van der Waals surface area contributed by atoms with Crippen molar-refractivity contribution in [3.8, 4) is 0 Å². The first-order valence-corrected chi connectivity index (χ1v) is 10.3. The molecule has 0 N–H and O–H groups in total. The number of rotatable bonds is 4. The third-order valence-electron chi connectivity index (χ3n) is 5.63. The fourth-order valence-corrected chi connectivity index (χ4v) is 4.27. The average molecular weight is 391 g/mol. The summed E-state index contributed by atoms with van der Waals surface area (Å²) in [6.45, 7) is 13.8. The lowest BCUT2D eigenvalue weighted by atomic mass is 9.92. The van der Waals surface area contributed by atoms with Crippen molar-refractivity contribution in [3.05, 3.63) is 69.8 Å². The van der Waals surface area contributed by atoms with Crippen LogP contribution < -0.4 is 0 Å². The van der Waals surface area contributed by atoms with Crippen LogP contribution in [0.3, 0.4) is 0 Å². The van der Waals surface area contributed by atoms with Gasteiger partial charge in [0.2, 0.25) is 0 Å². The fraction of sp³-hybridized carbons (Fsp3) is 0.440. The van der Waals surface area contributed by atoms with Gasteiger partial charge in [-0.05, 0) is 52.7 Å². The Kier molecular flexibility index (Phi) is 4.97. The molecule has 2 aliphatic heterocycles. The molecule has 0 fully saturated rings. The Morgan fingerprint density at radius 3 is 1.34 bits per heavy atom. The van der Waals surface area contributed by atoms with Crippen molar-refractivity contribution in [3.63, 3.8) is 0 Å². The minimum Gasteiger partial charge on any atom is -0.478 e. The molecular formula is C25H30N2O2. The van der Waals surface area contributed by atoms with Gasteiger partial charge in [-0.2, -0.15) is 0 Å². The summed E-state index contributed by atoms with van der Waals surface area (Å²) < 4.78 is 12.1. The summed E-state index contributed by atoms with van der Waals surface area (Å²) >= 11 is 0. The molecule has 2 aromatic rings. The summed E-state index contributed by atoms with van der Waals surface area (Å²) in [6.07, 6.45) is 0. The third-order valence-corrected chi connectivity index (χ3v) is 5.63. The maximum absolute atomic E-state index is 6.05. The molecule has 2 atom stereocenters. The number of hydrogen-bond donors (Lipinski definition) is 0. The summed E-state index contributed by atoms with van der Waals surface area (Å²) in [5, 5.41) is 0. The molecule has 2 aromatic carbocycles. The zero-order chi connectivity index (χ0) is 20.8. The average Bonchev–Trinajstić information content (AvgIpc) is 3.31. The Morgan fingerprint density at radius 1 is 0.655 bits per heavy atom. The molecule has 0 saturated carbocycles. The van der Waals surface area contributed by atoms with E-state index in [0.29, 0.717) is 25.0 Å². The Hall–Kier alpha value is -2.62. The highest BCUT2D eigenvalue weighted by Crippen LogP contribution is 2.36. The Balaban J connectivity index is 1.58. The summed E-state index contributed by atoms with van der Waals surface area (Å²) in [5.41, 5.74) is 6.93. The molecule has 2 unspecified atom stereocenters. The highest BCUT2D eigenvalue weighted by molar-refractivity contribution is 6.05. The van der Waals surface area contributed by atoms with Gasteiger partial charge >= 0.3 is 0 Å². The van der Waals surface area contributed by atoms with Crippen LogP contribution in [0.2, 0.25) is 0 Å². The molecular weight excluding hydrogens is 360 g/mol. The first kappa shape index (κ1) is 19.7. The molecule has 0 aromatic heterocycles. The van der Waals surface area contributed by atoms with Gasteiger partial charge < -0.3 is 9.47 Å². The number of benzene rings is 2. The predicted octanol–water partition coefficient (Wildman–Crippen LogP) is 5.59. The van der Waals surface area contributed by atoms with E-state index in [-0.39, 0.29) is 12.1 Å². The van der Waals surface area contributed by atoms with Gasteiger partial charge in [0.1, 0.15) is 30.7 Å². The molecule has 0 spiro atoms. The van der Waals surface area contributed by atoms with Crippen molar-refractivity contribution < 1.29 is 9.47 Å². The van der Waals surface area contributed by atoms with Gasteiger partial charge in [-0.3, -0.25) is 0 Å². The van der Waals surface area contributed by atoms with E-state index in [1.807, 2.05) is 0 Å². The van der Waals surface area contributed by atoms with Crippen molar-refractivity contribution in [2.75, 3.05) is 13.2 Å². The number of hydrogen-bond acceptors (Lipinski definition) is 4. The number of aliphatic imine (C=N–C) groups is 2. The van der Waals surface area contributed by atoms with E-state index in [2.05, 4.69) is 77.9 Å². The lowest BCUT2D eigenvalue weighted by Gasteiger charge is -2.22. The van der Waals surface area contributed by atoms with Crippen LogP contribution >= 0.6 is 0 Å². The van der Waals surface area contributed by atoms with Crippen LogP contribution in [0.25, 0.3) is 0 Å². The van der Waals surface area contributed by atoms with Gasteiger partial charge in [0, 0.05) is 0 Å². The van der Waals surface area contributed by atoms with E-state index in [1.165, 1.54) is 33.4 Å². The van der Waals surface area contributed by atoms with E-state index in [1.54, 1.807) is 0 Å². The summed E-state index contributed by atoms with van der Waals surface area (Å²) in [6, 6.07) is 13.2. The van der Waals surface area contributed by atoms with Crippen LogP contribution in [-0.2, 0) is 9.47 Å². The van der Waals surface area contributed by atoms with Gasteiger partial charge in [-0.25, -0.2) is 9.98 Å². The lowest BCUT2D eigenvalue weighted by Crippen LogP contribution is -2.34. The molecule has 29 heavy (non-hydrogen) atoms. The van der Waals surface area contributed by atoms with Crippen molar-refractivity contribution >= 4 is 11.8 Å². The zero-order valence-electron chi connectivity index (χ0n) is 18.2. The lowest BCUT2D eigenvalue weighted by molar-refractivity contribution is 0.264. The molecule has 4 heteroatoms. The third kappa shape index (κ3) is 3.93. The van der Waals surface area contributed by atoms with Crippen LogP contribution in [0, 0.1) is 33.1 Å². The van der Waals surface area contributed by atoms with Crippen LogP contribution in [0.5, 0.6) is 0 Å². The van der Waals surface area contributed by atoms with E-state index in [4.69, 9.17) is 19.5 Å². The van der Waals surface area contributed by atoms with E-state index >= 15 is 0 Å². The van der Waals surface area contributed by atoms with E-state index in [9.17, 15) is 0 Å². The highest BCUT2D eigenvalue weighted by atomic mass is 16.5. The molecule has 4 rings (SSSR count). The second-order valence-electron chi connectivity index (χ2n) is 8.99. The molecule has 0 radical (unpaired) electrons. The summed E-state index contributed by atoms with van der Waals surface area (Å²) in [7, 11) is 0. The van der Waals surface area contributed by atoms with E-state index < -0.39 is 5.41 Å². The minimum absolute atomic E-state index is 0.0279. The van der Waals surface area contributed by atoms with Gasteiger partial charge in [-0.15, -0.1) is 0 Å². The zero-order valence-corrected chi connectivity index (χ0v) is 18.2. The van der Waals surface area contributed by atoms with Gasteiger partial charge in [0.05, 0.1) is 0 Å². The van der Waals surface area contributed by atoms with Crippen LogP contribution in [0.4, 0.5) is 0 Å². The predicted molar refractivity (Wildman–Crippen MR) is 118 cm³/mol. The summed E-state index contributed by atoms with van der Waals surface area (Å²) in [5.74, 6) is 1.42. The standard InChI is InChI=1S/C25H30N2O2/c1-15-7-16(2)10-19(9-15)21-13-28-23(26-21)25(5,6)24-27-22(14-29-24)20-11-17(3)8-18(4)12-20/h7-12,21-22H,13-14H2,1-6H3. The van der Waals surface area contributed by atoms with Gasteiger partial charge in [0.25, 0.3) is 0 Å². The van der Waals surface area contributed by atoms with Crippen LogP contribution in [0.15, 0.2) is 46.4 Å². The Labute approximate surface area is 173 Å². The molecule has 2 heterocycles. The van der Waals surface area contributed by atoms with Crippen LogP contribution in [-0.4, -0.2) is 25.0 Å². The molecule has 152 valence electrons. The molecule has 0 aliphatic carbocycles. The topological polar surface area (TPSA) is 43.2 Å². The second-order valence-corrected chi connectivity index (χ2v) is 8.99. The number of ether oxygens (including phenoxy) is 2. The SMILES string of the molecule is Cc1cc(C)cc(C2COC(C(C)(C)C3=NC(c4cc(C)cc(C)c4)CO3)=N2)c1. The quantitative estimate of drug-likeness (QED) is 0.683. The van der Waals surface area contributed by atoms with Crippen molar-refractivity contribution in [1.29, 1.82) is 0 Å². The summed E-state index contributed by atoms with van der Waals surface area (Å²) in [4.78, 5) is 9.83. The molecule has 0 saturated heterocycles. The van der Waals surface area contributed by atoms with Crippen molar-refractivity contribution in [2.45, 2.75) is 53.6 Å². The maximum Gasteiger partial charge on any atom is 0.199 e. The molecule has 4 nitrogen and oxygen atoms in total. The normalized spacial score (nSPS) is 21.4. The minimum atomic E-state index is -0.485. The van der Waals surface area contributed by atoms with Gasteiger partial charge in [-0.1, -0.05) is 58.7 Å². The van der Waals surface area contributed by atoms with Crippen LogP contribution in [0.1, 0.15) is 59.3 Å². The highest BCUT2D eigenvalue weighted by Gasteiger charge is 2.41. The smallest absolute Gasteiger partial charge is 0.199 e. The number of aryl methyl sites for hydroxylation is 4. The first-order chi connectivity index (χ1) is 13.7. The molecule has 0 bridgehead atoms. The Bertz CT molecular complexity index is 884. The molecule has 0 amide bonds. The van der Waals surface area contributed by atoms with E-state index in [0.717, 1.165) is 0 Å². The fourth-order valence-electron chi connectivity index (χ4n) is 4.27. The first-order valence-electron chi connectivity index (χ1n) is 10.3. The number of nitrogens with zero attached hydrogens (tertiary/aromatic N) is 2. The monoisotopic (exact) mass is 390 g/mol. The molecule has 2 aliphatic rings. The van der Waals surface area contributed by atoms with Crippen molar-refractivity contribution in [2.24, 2.45) is 15.4 Å². The maximum atomic E-state index is 6.05. The Morgan fingerprint density at radius 2 is 1.00 bits per heavy atom. The second kappa shape index (κ2) is 7.33. The van der Waals surface area contributed by atoms with Crippen molar-refractivity contribution in [1.82, 2.24) is 0 Å². The van der Waals surface area contributed by atoms with Gasteiger partial charge in [0.15, 0.2) is 11.8 Å². The largest absolute Gasteiger partial charge is 0.478 e.